The number of carbonyl (C=O) groups is 2. The van der Waals surface area contributed by atoms with Gasteiger partial charge in [0.15, 0.2) is 0 Å². The van der Waals surface area contributed by atoms with Crippen LogP contribution in [0.25, 0.3) is 5.57 Å². The van der Waals surface area contributed by atoms with Gasteiger partial charge in [-0.2, -0.15) is 39.5 Å². The lowest BCUT2D eigenvalue weighted by molar-refractivity contribution is -0.263. The van der Waals surface area contributed by atoms with Gasteiger partial charge >= 0.3 is 24.6 Å². The molecular weight excluding hydrogens is 735 g/mol. The third kappa shape index (κ3) is 7.89. The van der Waals surface area contributed by atoms with Gasteiger partial charge in [-0.1, -0.05) is 44.2 Å². The normalized spacial score (nSPS) is 20.4. The SMILES string of the molecule is COc1ccc(NC(=O)[C@@](OC)(c2ccccc2)C(F)(F)F)cc1C1=C(CN2C(=O)O[C@H](c3cc(C(F)(F)F)cc(C(F)(F)F)c3)[C@@H]2C)CC(C)(C)CC1. The van der Waals surface area contributed by atoms with E-state index in [0.717, 1.165) is 19.2 Å². The maximum atomic E-state index is 14.6. The number of allylic oxidation sites excluding steroid dienone is 1. The molecule has 0 saturated carbocycles. The van der Waals surface area contributed by atoms with Crippen molar-refractivity contribution >= 4 is 23.3 Å². The molecule has 2 amide bonds. The van der Waals surface area contributed by atoms with Crippen molar-refractivity contribution in [3.63, 3.8) is 0 Å². The first-order valence-electron chi connectivity index (χ1n) is 16.7. The summed E-state index contributed by atoms with van der Waals surface area (Å²) in [6.45, 7) is 5.25. The van der Waals surface area contributed by atoms with Crippen molar-refractivity contribution in [2.75, 3.05) is 26.1 Å². The first-order valence-corrected chi connectivity index (χ1v) is 16.7. The Bertz CT molecular complexity index is 1890. The van der Waals surface area contributed by atoms with Crippen molar-refractivity contribution in [1.82, 2.24) is 4.90 Å². The molecule has 3 aromatic carbocycles. The fourth-order valence-corrected chi connectivity index (χ4v) is 7.06. The summed E-state index contributed by atoms with van der Waals surface area (Å²) in [5.74, 6) is -1.22. The number of ether oxygens (including phenoxy) is 3. The van der Waals surface area contributed by atoms with Crippen LogP contribution in [-0.4, -0.2) is 49.9 Å². The molecule has 1 N–H and O–H groups in total. The maximum Gasteiger partial charge on any atom is 0.430 e. The summed E-state index contributed by atoms with van der Waals surface area (Å²) in [5.41, 5.74) is -6.09. The molecule has 1 saturated heterocycles. The van der Waals surface area contributed by atoms with Crippen molar-refractivity contribution in [1.29, 1.82) is 0 Å². The highest BCUT2D eigenvalue weighted by molar-refractivity contribution is 5.99. The summed E-state index contributed by atoms with van der Waals surface area (Å²) in [6.07, 6.45) is -16.5. The van der Waals surface area contributed by atoms with Crippen LogP contribution in [0.4, 0.5) is 50.0 Å². The van der Waals surface area contributed by atoms with Gasteiger partial charge in [0.2, 0.25) is 0 Å². The Morgan fingerprint density at radius 2 is 1.50 bits per heavy atom. The third-order valence-electron chi connectivity index (χ3n) is 9.85. The molecule has 0 spiro atoms. The quantitative estimate of drug-likeness (QED) is 0.219. The zero-order chi connectivity index (χ0) is 40.0. The minimum atomic E-state index is -5.17. The fourth-order valence-electron chi connectivity index (χ4n) is 7.06. The molecule has 0 bridgehead atoms. The summed E-state index contributed by atoms with van der Waals surface area (Å²) in [5, 5.41) is 2.34. The molecule has 3 atom stereocenters. The Morgan fingerprint density at radius 3 is 2.04 bits per heavy atom. The van der Waals surface area contributed by atoms with E-state index in [1.807, 2.05) is 13.8 Å². The van der Waals surface area contributed by atoms with Crippen LogP contribution in [0.1, 0.15) is 74.0 Å². The number of benzene rings is 3. The van der Waals surface area contributed by atoms with Gasteiger partial charge < -0.3 is 19.5 Å². The smallest absolute Gasteiger partial charge is 0.430 e. The predicted octanol–water partition coefficient (Wildman–Crippen LogP) is 10.3. The number of rotatable bonds is 9. The summed E-state index contributed by atoms with van der Waals surface area (Å²) < 4.78 is 142. The fraction of sp³-hybridized carbons (Fsp3) is 0.421. The van der Waals surface area contributed by atoms with Gasteiger partial charge in [-0.3, -0.25) is 9.69 Å². The second-order valence-electron chi connectivity index (χ2n) is 14.1. The van der Waals surface area contributed by atoms with Crippen LogP contribution in [0.15, 0.2) is 72.3 Å². The Hall–Kier alpha value is -4.73. The van der Waals surface area contributed by atoms with Crippen LogP contribution in [0.2, 0.25) is 0 Å². The van der Waals surface area contributed by atoms with Gasteiger partial charge in [-0.05, 0) is 84.7 Å². The Kier molecular flexibility index (Phi) is 10.9. The van der Waals surface area contributed by atoms with E-state index in [9.17, 15) is 49.1 Å². The molecule has 0 radical (unpaired) electrons. The molecule has 1 aliphatic carbocycles. The molecule has 1 heterocycles. The van der Waals surface area contributed by atoms with Crippen molar-refractivity contribution in [3.8, 4) is 5.75 Å². The minimum absolute atomic E-state index is 0.00608. The molecular formula is C38H37F9N2O5. The van der Waals surface area contributed by atoms with E-state index in [1.54, 1.807) is 0 Å². The van der Waals surface area contributed by atoms with Crippen LogP contribution < -0.4 is 10.1 Å². The van der Waals surface area contributed by atoms with Crippen LogP contribution in [0.3, 0.4) is 0 Å². The standard InChI is InChI=1S/C38H37F9N2O5/c1-21-31(22-15-25(36(39,40)41)17-26(16-22)37(42,43)44)54-33(51)49(21)20-23-19-34(2,3)14-13-28(23)29-18-27(11-12-30(29)52-4)48-32(50)35(53-5,38(45,46)47)24-9-7-6-8-10-24/h6-12,15-18,21,31H,13-14,19-20H2,1-5H3,(H,48,50)/t21-,31-,35-/m0/s1. The van der Waals surface area contributed by atoms with Gasteiger partial charge in [0.05, 0.1) is 24.3 Å². The van der Waals surface area contributed by atoms with Crippen molar-refractivity contribution < 1.29 is 63.3 Å². The highest BCUT2D eigenvalue weighted by atomic mass is 19.4. The molecule has 5 rings (SSSR count). The lowest BCUT2D eigenvalue weighted by Crippen LogP contribution is -2.53. The van der Waals surface area contributed by atoms with Crippen LogP contribution in [0.5, 0.6) is 5.75 Å². The van der Waals surface area contributed by atoms with Crippen LogP contribution >= 0.6 is 0 Å². The van der Waals surface area contributed by atoms with Crippen LogP contribution in [-0.2, 0) is 32.2 Å². The number of amides is 2. The molecule has 54 heavy (non-hydrogen) atoms. The highest BCUT2D eigenvalue weighted by Gasteiger charge is 2.62. The number of cyclic esters (lactones) is 1. The van der Waals surface area contributed by atoms with Gasteiger partial charge in [-0.25, -0.2) is 4.79 Å². The Morgan fingerprint density at radius 1 is 0.889 bits per heavy atom. The van der Waals surface area contributed by atoms with E-state index in [0.29, 0.717) is 48.1 Å². The lowest BCUT2D eigenvalue weighted by Gasteiger charge is -2.36. The molecule has 16 heteroatoms. The second kappa shape index (κ2) is 14.5. The Balaban J connectivity index is 1.53. The molecule has 1 aliphatic heterocycles. The summed E-state index contributed by atoms with van der Waals surface area (Å²) in [7, 11) is 2.14. The minimum Gasteiger partial charge on any atom is -0.496 e. The predicted molar refractivity (Wildman–Crippen MR) is 179 cm³/mol. The van der Waals surface area contributed by atoms with E-state index in [2.05, 4.69) is 5.32 Å². The number of anilines is 1. The second-order valence-corrected chi connectivity index (χ2v) is 14.1. The lowest BCUT2D eigenvalue weighted by atomic mass is 9.72. The number of methoxy groups -OCH3 is 2. The number of hydrogen-bond donors (Lipinski definition) is 1. The highest BCUT2D eigenvalue weighted by Crippen LogP contribution is 2.48. The van der Waals surface area contributed by atoms with Gasteiger partial charge in [-0.15, -0.1) is 0 Å². The average Bonchev–Trinajstić information content (AvgIpc) is 3.36. The average molecular weight is 773 g/mol. The van der Waals surface area contributed by atoms with Gasteiger partial charge in [0.25, 0.3) is 11.5 Å². The van der Waals surface area contributed by atoms with E-state index >= 15 is 0 Å². The van der Waals surface area contributed by atoms with Crippen LogP contribution in [0, 0.1) is 5.41 Å². The maximum absolute atomic E-state index is 14.6. The number of nitrogens with zero attached hydrogens (tertiary/aromatic N) is 1. The molecule has 3 aromatic rings. The first kappa shape index (κ1) is 40.5. The molecule has 7 nitrogen and oxygen atoms in total. The molecule has 0 aromatic heterocycles. The largest absolute Gasteiger partial charge is 0.496 e. The van der Waals surface area contributed by atoms with Crippen molar-refractivity contribution in [3.05, 3.63) is 100 Å². The number of nitrogens with one attached hydrogen (secondary N) is 1. The van der Waals surface area contributed by atoms with E-state index in [-0.39, 0.29) is 29.5 Å². The van der Waals surface area contributed by atoms with Gasteiger partial charge in [0.1, 0.15) is 11.9 Å². The number of hydrogen-bond acceptors (Lipinski definition) is 5. The molecule has 292 valence electrons. The van der Waals surface area contributed by atoms with E-state index in [4.69, 9.17) is 14.2 Å². The molecule has 1 fully saturated rings. The van der Waals surface area contributed by atoms with Crippen molar-refractivity contribution in [2.45, 2.75) is 76.3 Å². The monoisotopic (exact) mass is 772 g/mol. The third-order valence-corrected chi connectivity index (χ3v) is 9.85. The van der Waals surface area contributed by atoms with Gasteiger partial charge in [0, 0.05) is 30.5 Å². The van der Waals surface area contributed by atoms with E-state index in [1.165, 1.54) is 55.3 Å². The van der Waals surface area contributed by atoms with E-state index < -0.39 is 70.5 Å². The summed E-state index contributed by atoms with van der Waals surface area (Å²) >= 11 is 0. The number of alkyl halides is 9. The number of carbonyl (C=O) groups excluding carboxylic acids is 2. The topological polar surface area (TPSA) is 77.1 Å². The number of halogens is 9. The molecule has 2 aliphatic rings. The zero-order valence-electron chi connectivity index (χ0n) is 29.7. The summed E-state index contributed by atoms with van der Waals surface area (Å²) in [4.78, 5) is 28.0. The first-order chi connectivity index (χ1) is 25.0. The summed E-state index contributed by atoms with van der Waals surface area (Å²) in [6, 6.07) is 10.7. The van der Waals surface area contributed by atoms with Crippen molar-refractivity contribution in [2.24, 2.45) is 5.41 Å². The molecule has 0 unspecified atom stereocenters. The zero-order valence-corrected chi connectivity index (χ0v) is 29.7. The Labute approximate surface area is 305 Å².